The van der Waals surface area contributed by atoms with E-state index in [0.717, 1.165) is 11.8 Å². The minimum absolute atomic E-state index is 0.0300. The molecule has 1 aromatic carbocycles. The number of amides is 6. The van der Waals surface area contributed by atoms with Gasteiger partial charge in [0.25, 0.3) is 0 Å². The fraction of sp³-hybridized carbons (Fsp3) is 0.606. The van der Waals surface area contributed by atoms with Gasteiger partial charge in [-0.2, -0.15) is 0 Å². The molecular formula is C33H51N7O11. The maximum atomic E-state index is 13.6. The first-order valence-corrected chi connectivity index (χ1v) is 16.8. The van der Waals surface area contributed by atoms with Crippen LogP contribution in [0, 0.1) is 5.92 Å². The van der Waals surface area contributed by atoms with Crippen LogP contribution in [0.5, 0.6) is 0 Å². The lowest BCUT2D eigenvalue weighted by molar-refractivity contribution is -0.151. The Morgan fingerprint density at radius 1 is 0.784 bits per heavy atom. The molecule has 1 fully saturated rings. The SMILES string of the molecule is CC(C)C[C@H](NC(=O)CN)C(=O)N[C@@H](Cc1ccccc1)C(=O)N[C@@H](CO)C(=O)N[C@H](C(=O)N[C@H](C(=O)N1CCC[C@H]1C(=O)O)[C@@H](C)O)[C@@H](C)O. The number of likely N-dealkylation sites (tertiary alicyclic amines) is 1. The molecule has 0 aromatic heterocycles. The van der Waals surface area contributed by atoms with Crippen molar-refractivity contribution in [1.29, 1.82) is 0 Å². The second-order valence-electron chi connectivity index (χ2n) is 12.9. The summed E-state index contributed by atoms with van der Waals surface area (Å²) in [7, 11) is 0. The van der Waals surface area contributed by atoms with Crippen LogP contribution in [0.1, 0.15) is 52.5 Å². The minimum atomic E-state index is -1.76. The van der Waals surface area contributed by atoms with Crippen molar-refractivity contribution in [2.75, 3.05) is 19.7 Å². The smallest absolute Gasteiger partial charge is 0.326 e. The molecule has 11 N–H and O–H groups in total. The molecule has 0 unspecified atom stereocenters. The van der Waals surface area contributed by atoms with Gasteiger partial charge in [-0.1, -0.05) is 44.2 Å². The Bertz CT molecular complexity index is 1380. The third kappa shape index (κ3) is 12.9. The lowest BCUT2D eigenvalue weighted by Gasteiger charge is -2.31. The third-order valence-corrected chi connectivity index (χ3v) is 8.21. The van der Waals surface area contributed by atoms with Crippen LogP contribution in [0.15, 0.2) is 30.3 Å². The molecule has 2 rings (SSSR count). The van der Waals surface area contributed by atoms with E-state index < -0.39 is 96.5 Å². The second kappa shape index (κ2) is 20.3. The van der Waals surface area contributed by atoms with Crippen LogP contribution < -0.4 is 32.3 Å². The Kier molecular flexibility index (Phi) is 16.9. The predicted molar refractivity (Wildman–Crippen MR) is 181 cm³/mol. The van der Waals surface area contributed by atoms with Crippen molar-refractivity contribution in [2.24, 2.45) is 11.7 Å². The van der Waals surface area contributed by atoms with Crippen molar-refractivity contribution in [3.05, 3.63) is 35.9 Å². The molecule has 1 aromatic rings. The summed E-state index contributed by atoms with van der Waals surface area (Å²) < 4.78 is 0. The van der Waals surface area contributed by atoms with Crippen molar-refractivity contribution in [3.8, 4) is 0 Å². The monoisotopic (exact) mass is 721 g/mol. The normalized spacial score (nSPS) is 18.3. The van der Waals surface area contributed by atoms with E-state index in [1.54, 1.807) is 30.3 Å². The summed E-state index contributed by atoms with van der Waals surface area (Å²) in [5.74, 6) is -6.55. The fourth-order valence-corrected chi connectivity index (χ4v) is 5.51. The molecule has 6 amide bonds. The van der Waals surface area contributed by atoms with E-state index in [0.29, 0.717) is 12.0 Å². The number of carbonyl (C=O) groups is 7. The van der Waals surface area contributed by atoms with E-state index in [2.05, 4.69) is 26.6 Å². The molecular weight excluding hydrogens is 670 g/mol. The van der Waals surface area contributed by atoms with Crippen molar-refractivity contribution in [1.82, 2.24) is 31.5 Å². The summed E-state index contributed by atoms with van der Waals surface area (Å²) in [6, 6.07) is 0.00921. The number of aliphatic carboxylic acids is 1. The summed E-state index contributed by atoms with van der Waals surface area (Å²) in [4.78, 5) is 91.2. The highest BCUT2D eigenvalue weighted by atomic mass is 16.4. The molecule has 18 nitrogen and oxygen atoms in total. The number of aliphatic hydroxyl groups is 3. The number of carboxylic acids is 1. The summed E-state index contributed by atoms with van der Waals surface area (Å²) in [5.41, 5.74) is 6.04. The lowest BCUT2D eigenvalue weighted by atomic mass is 10.0. The predicted octanol–water partition coefficient (Wildman–Crippen LogP) is -3.51. The van der Waals surface area contributed by atoms with Gasteiger partial charge in [-0.3, -0.25) is 28.8 Å². The Hall–Kier alpha value is -4.65. The van der Waals surface area contributed by atoms with Crippen molar-refractivity contribution in [3.63, 3.8) is 0 Å². The van der Waals surface area contributed by atoms with E-state index in [1.165, 1.54) is 6.92 Å². The van der Waals surface area contributed by atoms with Crippen molar-refractivity contribution < 1.29 is 54.0 Å². The number of carbonyl (C=O) groups excluding carboxylic acids is 6. The van der Waals surface area contributed by atoms with E-state index in [9.17, 15) is 54.0 Å². The van der Waals surface area contributed by atoms with Crippen LogP contribution in [-0.2, 0) is 40.0 Å². The van der Waals surface area contributed by atoms with Crippen LogP contribution in [0.25, 0.3) is 0 Å². The molecule has 0 spiro atoms. The summed E-state index contributed by atoms with van der Waals surface area (Å²) in [6.45, 7) is 4.76. The van der Waals surface area contributed by atoms with Gasteiger partial charge >= 0.3 is 5.97 Å². The molecule has 1 aliphatic heterocycles. The van der Waals surface area contributed by atoms with Gasteiger partial charge < -0.3 is 57.6 Å². The van der Waals surface area contributed by atoms with Gasteiger partial charge in [0.15, 0.2) is 0 Å². The van der Waals surface area contributed by atoms with E-state index >= 15 is 0 Å². The molecule has 0 radical (unpaired) electrons. The summed E-state index contributed by atoms with van der Waals surface area (Å²) >= 11 is 0. The number of hydrogen-bond acceptors (Lipinski definition) is 11. The average Bonchev–Trinajstić information content (AvgIpc) is 3.58. The minimum Gasteiger partial charge on any atom is -0.480 e. The number of carboxylic acid groups (broad SMARTS) is 1. The number of aliphatic hydroxyl groups excluding tert-OH is 3. The van der Waals surface area contributed by atoms with Crippen LogP contribution >= 0.6 is 0 Å². The van der Waals surface area contributed by atoms with Crippen molar-refractivity contribution in [2.45, 2.75) is 102 Å². The van der Waals surface area contributed by atoms with Gasteiger partial charge in [0.1, 0.15) is 36.3 Å². The van der Waals surface area contributed by atoms with E-state index in [4.69, 9.17) is 5.73 Å². The molecule has 1 saturated heterocycles. The molecule has 0 saturated carbocycles. The van der Waals surface area contributed by atoms with Crippen molar-refractivity contribution >= 4 is 41.4 Å². The zero-order chi connectivity index (χ0) is 38.4. The zero-order valence-corrected chi connectivity index (χ0v) is 29.2. The summed E-state index contributed by atoms with van der Waals surface area (Å²) in [5, 5.41) is 52.2. The first kappa shape index (κ1) is 42.5. The number of nitrogens with zero attached hydrogens (tertiary/aromatic N) is 1. The molecule has 8 atom stereocenters. The molecule has 0 aliphatic carbocycles. The molecule has 284 valence electrons. The Morgan fingerprint density at radius 3 is 1.86 bits per heavy atom. The first-order valence-electron chi connectivity index (χ1n) is 16.8. The quantitative estimate of drug-likeness (QED) is 0.0666. The lowest BCUT2D eigenvalue weighted by Crippen LogP contribution is -2.63. The molecule has 1 aliphatic rings. The topological polar surface area (TPSA) is 290 Å². The maximum absolute atomic E-state index is 13.6. The standard InChI is InChI=1S/C33H51N7O11/c1-17(2)13-21(35-25(44)15-34)28(45)36-22(14-20-9-6-5-7-10-20)29(46)37-23(16-41)30(47)38-26(18(3)42)31(48)39-27(19(4)43)32(49)40-12-8-11-24(40)33(50)51/h5-7,9-10,17-19,21-24,26-27,41-43H,8,11-16,34H2,1-4H3,(H,35,44)(H,36,45)(H,37,46)(H,38,47)(H,39,48)(H,50,51)/t18-,19-,21+,22+,23+,24+,26+,27+/m1/s1. The van der Waals surface area contributed by atoms with Crippen LogP contribution in [0.4, 0.5) is 0 Å². The van der Waals surface area contributed by atoms with Gasteiger partial charge in [0.05, 0.1) is 25.4 Å². The van der Waals surface area contributed by atoms with Gasteiger partial charge in [0, 0.05) is 13.0 Å². The highest BCUT2D eigenvalue weighted by Gasteiger charge is 2.41. The van der Waals surface area contributed by atoms with Gasteiger partial charge in [-0.05, 0) is 44.6 Å². The van der Waals surface area contributed by atoms with Crippen LogP contribution in [0.2, 0.25) is 0 Å². The molecule has 0 bridgehead atoms. The van der Waals surface area contributed by atoms with Gasteiger partial charge in [-0.25, -0.2) is 4.79 Å². The first-order chi connectivity index (χ1) is 24.0. The fourth-order valence-electron chi connectivity index (χ4n) is 5.51. The van der Waals surface area contributed by atoms with Gasteiger partial charge in [-0.15, -0.1) is 0 Å². The van der Waals surface area contributed by atoms with E-state index in [1.807, 2.05) is 13.8 Å². The molecule has 1 heterocycles. The maximum Gasteiger partial charge on any atom is 0.326 e. The summed E-state index contributed by atoms with van der Waals surface area (Å²) in [6.07, 6.45) is -2.33. The number of hydrogen-bond donors (Lipinski definition) is 10. The number of nitrogens with one attached hydrogen (secondary N) is 5. The van der Waals surface area contributed by atoms with E-state index in [-0.39, 0.29) is 38.3 Å². The number of benzene rings is 1. The van der Waals surface area contributed by atoms with Crippen LogP contribution in [0.3, 0.4) is 0 Å². The average molecular weight is 722 g/mol. The van der Waals surface area contributed by atoms with Crippen LogP contribution in [-0.4, -0.2) is 135 Å². The van der Waals surface area contributed by atoms with Gasteiger partial charge in [0.2, 0.25) is 35.4 Å². The Morgan fingerprint density at radius 2 is 1.33 bits per heavy atom. The third-order valence-electron chi connectivity index (χ3n) is 8.21. The Balaban J connectivity index is 2.24. The highest BCUT2D eigenvalue weighted by molar-refractivity contribution is 5.97. The Labute approximate surface area is 295 Å². The molecule has 18 heteroatoms. The largest absolute Gasteiger partial charge is 0.480 e. The zero-order valence-electron chi connectivity index (χ0n) is 29.2. The second-order valence-corrected chi connectivity index (χ2v) is 12.9. The number of nitrogens with two attached hydrogens (primary N) is 1. The molecule has 51 heavy (non-hydrogen) atoms. The number of rotatable bonds is 19. The highest BCUT2D eigenvalue weighted by Crippen LogP contribution is 2.19.